The summed E-state index contributed by atoms with van der Waals surface area (Å²) in [5.41, 5.74) is 6.02. The molecule has 3 rings (SSSR count). The fraction of sp³-hybridized carbons (Fsp3) is 0.550. The highest BCUT2D eigenvalue weighted by molar-refractivity contribution is 5.78. The summed E-state index contributed by atoms with van der Waals surface area (Å²) in [5.74, 6) is 1.04. The standard InChI is InChI=1S/C20H28F2N4O/c1-2-16(21)11-24-20(23)26-10-9-25-12-15(3-6-18(25)13-26)14-27-19-7-4-17(22)5-8-19/h4-5,7-8,11,15,18H,2-3,6,9-10,12-14H2,1H3,(H2,23,24)/b16-11+/t15?,18-/m1/s1. The van der Waals surface area contributed by atoms with Crippen LogP contribution in [0.1, 0.15) is 26.2 Å². The predicted octanol–water partition coefficient (Wildman–Crippen LogP) is 3.14. The number of hydrogen-bond acceptors (Lipinski definition) is 3. The van der Waals surface area contributed by atoms with Crippen molar-refractivity contribution < 1.29 is 13.5 Å². The molecule has 2 aliphatic rings. The van der Waals surface area contributed by atoms with E-state index in [9.17, 15) is 8.78 Å². The average molecular weight is 378 g/mol. The Balaban J connectivity index is 1.48. The molecule has 1 aromatic carbocycles. The van der Waals surface area contributed by atoms with Crippen LogP contribution in [0, 0.1) is 11.7 Å². The SMILES string of the molecule is CC/C(F)=C\N=C(N)N1CCN2CC(COc3ccc(F)cc3)CC[C@@H]2C1. The van der Waals surface area contributed by atoms with Gasteiger partial charge in [-0.25, -0.2) is 13.8 Å². The molecule has 2 fully saturated rings. The second-order valence-corrected chi connectivity index (χ2v) is 7.22. The maximum atomic E-state index is 13.2. The van der Waals surface area contributed by atoms with Gasteiger partial charge in [0.2, 0.25) is 0 Å². The summed E-state index contributed by atoms with van der Waals surface area (Å²) >= 11 is 0. The molecule has 0 spiro atoms. The van der Waals surface area contributed by atoms with Gasteiger partial charge >= 0.3 is 0 Å². The lowest BCUT2D eigenvalue weighted by Crippen LogP contribution is -2.59. The Kier molecular flexibility index (Phi) is 6.66. The highest BCUT2D eigenvalue weighted by Gasteiger charge is 2.33. The first-order valence-corrected chi connectivity index (χ1v) is 9.60. The number of nitrogens with two attached hydrogens (primary N) is 1. The monoisotopic (exact) mass is 378 g/mol. The van der Waals surface area contributed by atoms with Gasteiger partial charge in [-0.1, -0.05) is 6.92 Å². The number of piperazine rings is 1. The number of hydrogen-bond donors (Lipinski definition) is 1. The van der Waals surface area contributed by atoms with E-state index in [0.29, 0.717) is 36.7 Å². The average Bonchev–Trinajstić information content (AvgIpc) is 2.70. The molecule has 1 unspecified atom stereocenters. The molecule has 2 saturated heterocycles. The van der Waals surface area contributed by atoms with E-state index >= 15 is 0 Å². The van der Waals surface area contributed by atoms with E-state index in [-0.39, 0.29) is 11.6 Å². The molecule has 0 bridgehead atoms. The minimum atomic E-state index is -0.266. The van der Waals surface area contributed by atoms with Crippen LogP contribution in [0.2, 0.25) is 0 Å². The number of aliphatic imine (C=N–C) groups is 1. The van der Waals surface area contributed by atoms with Gasteiger partial charge in [0.05, 0.1) is 12.8 Å². The number of rotatable bonds is 5. The van der Waals surface area contributed by atoms with Crippen LogP contribution in [0.25, 0.3) is 0 Å². The fourth-order valence-electron chi connectivity index (χ4n) is 3.66. The molecule has 7 heteroatoms. The van der Waals surface area contributed by atoms with E-state index in [0.717, 1.165) is 39.0 Å². The third-order valence-electron chi connectivity index (χ3n) is 5.30. The number of benzene rings is 1. The Hall–Kier alpha value is -2.15. The minimum Gasteiger partial charge on any atom is -0.493 e. The van der Waals surface area contributed by atoms with Crippen molar-refractivity contribution in [1.29, 1.82) is 0 Å². The van der Waals surface area contributed by atoms with E-state index in [1.807, 2.05) is 4.90 Å². The Morgan fingerprint density at radius 3 is 2.78 bits per heavy atom. The molecule has 2 heterocycles. The third kappa shape index (κ3) is 5.42. The number of allylic oxidation sites excluding steroid dienone is 1. The van der Waals surface area contributed by atoms with E-state index in [1.165, 1.54) is 18.3 Å². The zero-order valence-electron chi connectivity index (χ0n) is 15.8. The van der Waals surface area contributed by atoms with Gasteiger partial charge in [-0.05, 0) is 43.5 Å². The van der Waals surface area contributed by atoms with Crippen molar-refractivity contribution in [3.05, 3.63) is 42.1 Å². The predicted molar refractivity (Wildman–Crippen MR) is 103 cm³/mol. The Morgan fingerprint density at radius 2 is 2.04 bits per heavy atom. The molecule has 1 aromatic rings. The molecule has 2 N–H and O–H groups in total. The van der Waals surface area contributed by atoms with Crippen molar-refractivity contribution in [2.45, 2.75) is 32.2 Å². The Labute approximate surface area is 159 Å². The van der Waals surface area contributed by atoms with E-state index < -0.39 is 0 Å². The van der Waals surface area contributed by atoms with Crippen LogP contribution in [0.3, 0.4) is 0 Å². The van der Waals surface area contributed by atoms with Gasteiger partial charge < -0.3 is 15.4 Å². The number of nitrogens with zero attached hydrogens (tertiary/aromatic N) is 3. The maximum Gasteiger partial charge on any atom is 0.196 e. The van der Waals surface area contributed by atoms with Crippen LogP contribution in [0.15, 0.2) is 41.3 Å². The van der Waals surface area contributed by atoms with Gasteiger partial charge in [-0.15, -0.1) is 0 Å². The molecule has 148 valence electrons. The Morgan fingerprint density at radius 1 is 1.26 bits per heavy atom. The summed E-state index contributed by atoms with van der Waals surface area (Å²) < 4.78 is 32.0. The topological polar surface area (TPSA) is 54.1 Å². The molecular formula is C20H28F2N4O. The lowest BCUT2D eigenvalue weighted by Gasteiger charge is -2.46. The van der Waals surface area contributed by atoms with Crippen LogP contribution < -0.4 is 10.5 Å². The van der Waals surface area contributed by atoms with Crippen LogP contribution in [-0.2, 0) is 0 Å². The molecule has 0 aromatic heterocycles. The largest absolute Gasteiger partial charge is 0.493 e. The van der Waals surface area contributed by atoms with Crippen molar-refractivity contribution >= 4 is 5.96 Å². The maximum absolute atomic E-state index is 13.2. The molecule has 2 aliphatic heterocycles. The van der Waals surface area contributed by atoms with Gasteiger partial charge in [0.1, 0.15) is 17.4 Å². The second kappa shape index (κ2) is 9.17. The van der Waals surface area contributed by atoms with Gasteiger partial charge in [0, 0.05) is 38.1 Å². The van der Waals surface area contributed by atoms with E-state index in [1.54, 1.807) is 19.1 Å². The Bertz CT molecular complexity index is 677. The van der Waals surface area contributed by atoms with E-state index in [2.05, 4.69) is 9.89 Å². The van der Waals surface area contributed by atoms with Crippen molar-refractivity contribution in [3.63, 3.8) is 0 Å². The van der Waals surface area contributed by atoms with Crippen molar-refractivity contribution in [3.8, 4) is 5.75 Å². The lowest BCUT2D eigenvalue weighted by molar-refractivity contribution is 0.0385. The molecule has 2 atom stereocenters. The first kappa shape index (κ1) is 19.6. The van der Waals surface area contributed by atoms with Crippen LogP contribution in [0.5, 0.6) is 5.75 Å². The third-order valence-corrected chi connectivity index (χ3v) is 5.30. The van der Waals surface area contributed by atoms with Gasteiger partial charge in [0.25, 0.3) is 0 Å². The van der Waals surface area contributed by atoms with E-state index in [4.69, 9.17) is 10.5 Å². The number of fused-ring (bicyclic) bond motifs is 1. The van der Waals surface area contributed by atoms with Crippen molar-refractivity contribution in [1.82, 2.24) is 9.80 Å². The molecule has 0 amide bonds. The highest BCUT2D eigenvalue weighted by Crippen LogP contribution is 2.26. The second-order valence-electron chi connectivity index (χ2n) is 7.22. The molecular weight excluding hydrogens is 350 g/mol. The first-order chi connectivity index (χ1) is 13.0. The number of piperidine rings is 1. The zero-order valence-corrected chi connectivity index (χ0v) is 15.8. The summed E-state index contributed by atoms with van der Waals surface area (Å²) in [7, 11) is 0. The summed E-state index contributed by atoms with van der Waals surface area (Å²) in [4.78, 5) is 8.58. The molecule has 0 radical (unpaired) electrons. The minimum absolute atomic E-state index is 0.253. The lowest BCUT2D eigenvalue weighted by atomic mass is 9.91. The van der Waals surface area contributed by atoms with Gasteiger partial charge in [-0.2, -0.15) is 0 Å². The van der Waals surface area contributed by atoms with Crippen LogP contribution in [-0.4, -0.2) is 54.6 Å². The number of halogens is 2. The van der Waals surface area contributed by atoms with Crippen LogP contribution >= 0.6 is 0 Å². The summed E-state index contributed by atoms with van der Waals surface area (Å²) in [5, 5.41) is 0. The molecule has 5 nitrogen and oxygen atoms in total. The normalized spacial score (nSPS) is 24.6. The summed E-state index contributed by atoms with van der Waals surface area (Å²) in [6, 6.07) is 6.60. The first-order valence-electron chi connectivity index (χ1n) is 9.60. The quantitative estimate of drug-likeness (QED) is 0.632. The van der Waals surface area contributed by atoms with Crippen molar-refractivity contribution in [2.24, 2.45) is 16.6 Å². The van der Waals surface area contributed by atoms with Gasteiger partial charge in [-0.3, -0.25) is 4.90 Å². The zero-order chi connectivity index (χ0) is 19.2. The molecule has 27 heavy (non-hydrogen) atoms. The van der Waals surface area contributed by atoms with Gasteiger partial charge in [0.15, 0.2) is 5.96 Å². The number of guanidine groups is 1. The van der Waals surface area contributed by atoms with Crippen LogP contribution in [0.4, 0.5) is 8.78 Å². The number of ether oxygens (including phenoxy) is 1. The van der Waals surface area contributed by atoms with Crippen molar-refractivity contribution in [2.75, 3.05) is 32.8 Å². The summed E-state index contributed by atoms with van der Waals surface area (Å²) in [6.45, 7) is 5.90. The highest BCUT2D eigenvalue weighted by atomic mass is 19.1. The smallest absolute Gasteiger partial charge is 0.196 e. The fourth-order valence-corrected chi connectivity index (χ4v) is 3.66. The summed E-state index contributed by atoms with van der Waals surface area (Å²) in [6.07, 6.45) is 3.69. The molecule has 0 aliphatic carbocycles. The molecule has 0 saturated carbocycles.